The maximum atomic E-state index is 11.7. The highest BCUT2D eigenvalue weighted by Crippen LogP contribution is 2.27. The summed E-state index contributed by atoms with van der Waals surface area (Å²) in [4.78, 5) is 11.3. The zero-order valence-electron chi connectivity index (χ0n) is 11.6. The molecule has 1 aromatic carbocycles. The minimum Gasteiger partial charge on any atom is -0.325 e. The number of anilines is 2. The normalized spacial score (nSPS) is 12.0. The van der Waals surface area contributed by atoms with Crippen LogP contribution in [0.25, 0.3) is 0 Å². The van der Waals surface area contributed by atoms with Crippen LogP contribution < -0.4 is 9.03 Å². The van der Waals surface area contributed by atoms with Gasteiger partial charge in [-0.2, -0.15) is 3.71 Å². The smallest absolute Gasteiger partial charge is 0.245 e. The molecule has 0 saturated carbocycles. The SMILES string of the molecule is Cc1ccc(N(S(C)(=O)=O)S(C)(=O)=O)cc1NC(=O)CCl. The molecule has 0 radical (unpaired) electrons. The highest BCUT2D eigenvalue weighted by molar-refractivity contribution is 8.09. The number of hydrogen-bond donors (Lipinski definition) is 1. The van der Waals surface area contributed by atoms with Gasteiger partial charge in [-0.1, -0.05) is 6.07 Å². The molecule has 0 aliphatic heterocycles. The van der Waals surface area contributed by atoms with Crippen LogP contribution in [-0.4, -0.2) is 41.1 Å². The Balaban J connectivity index is 3.43. The number of carbonyl (C=O) groups is 1. The molecule has 1 aromatic rings. The maximum Gasteiger partial charge on any atom is 0.245 e. The second kappa shape index (κ2) is 6.20. The first kappa shape index (κ1) is 17.7. The van der Waals surface area contributed by atoms with Gasteiger partial charge in [-0.3, -0.25) is 4.79 Å². The van der Waals surface area contributed by atoms with Crippen molar-refractivity contribution in [1.82, 2.24) is 0 Å². The summed E-state index contributed by atoms with van der Waals surface area (Å²) in [6, 6.07) is 4.11. The Labute approximate surface area is 129 Å². The lowest BCUT2D eigenvalue weighted by atomic mass is 10.2. The minimum absolute atomic E-state index is 0.0875. The molecule has 118 valence electrons. The number of nitrogens with zero attached hydrogens (tertiary/aromatic N) is 1. The van der Waals surface area contributed by atoms with Crippen LogP contribution in [0, 0.1) is 6.92 Å². The molecule has 21 heavy (non-hydrogen) atoms. The summed E-state index contributed by atoms with van der Waals surface area (Å²) in [6.07, 6.45) is 1.57. The first-order chi connectivity index (χ1) is 9.46. The molecular formula is C11H15ClN2O5S2. The second-order valence-corrected chi connectivity index (χ2v) is 8.56. The Morgan fingerprint density at radius 3 is 2.14 bits per heavy atom. The Morgan fingerprint density at radius 2 is 1.71 bits per heavy atom. The van der Waals surface area contributed by atoms with Crippen LogP contribution in [0.2, 0.25) is 0 Å². The second-order valence-electron chi connectivity index (χ2n) is 4.40. The molecule has 0 aliphatic rings. The van der Waals surface area contributed by atoms with Crippen molar-refractivity contribution in [2.75, 3.05) is 27.4 Å². The standard InChI is InChI=1S/C11H15ClN2O5S2/c1-8-4-5-9(6-10(8)13-11(15)7-12)14(20(2,16)17)21(3,18)19/h4-6H,7H2,1-3H3,(H,13,15). The van der Waals surface area contributed by atoms with E-state index in [9.17, 15) is 21.6 Å². The third kappa shape index (κ3) is 4.58. The van der Waals surface area contributed by atoms with E-state index in [1.807, 2.05) is 0 Å². The molecule has 0 aromatic heterocycles. The average Bonchev–Trinajstić information content (AvgIpc) is 2.29. The number of hydrogen-bond acceptors (Lipinski definition) is 5. The van der Waals surface area contributed by atoms with Gasteiger partial charge in [-0.25, -0.2) is 16.8 Å². The van der Waals surface area contributed by atoms with E-state index in [0.29, 0.717) is 9.27 Å². The van der Waals surface area contributed by atoms with Gasteiger partial charge in [0.25, 0.3) is 0 Å². The van der Waals surface area contributed by atoms with E-state index in [2.05, 4.69) is 5.32 Å². The number of carbonyl (C=O) groups excluding carboxylic acids is 1. The molecule has 1 N–H and O–H groups in total. The molecule has 0 atom stereocenters. The fraction of sp³-hybridized carbons (Fsp3) is 0.364. The average molecular weight is 355 g/mol. The van der Waals surface area contributed by atoms with E-state index >= 15 is 0 Å². The fourth-order valence-electron chi connectivity index (χ4n) is 1.67. The van der Waals surface area contributed by atoms with Gasteiger partial charge in [-0.15, -0.1) is 11.6 Å². The van der Waals surface area contributed by atoms with Gasteiger partial charge in [0, 0.05) is 5.69 Å². The Kier molecular flexibility index (Phi) is 5.24. The van der Waals surface area contributed by atoms with Crippen LogP contribution in [0.3, 0.4) is 0 Å². The summed E-state index contributed by atoms with van der Waals surface area (Å²) in [5.41, 5.74) is 0.838. The number of amides is 1. The van der Waals surface area contributed by atoms with Crippen molar-refractivity contribution in [2.24, 2.45) is 0 Å². The highest BCUT2D eigenvalue weighted by atomic mass is 35.5. The summed E-state index contributed by atoms with van der Waals surface area (Å²) in [6.45, 7) is 1.68. The molecule has 1 amide bonds. The molecule has 0 aliphatic carbocycles. The Bertz CT molecular complexity index is 727. The van der Waals surface area contributed by atoms with E-state index in [0.717, 1.165) is 12.5 Å². The largest absolute Gasteiger partial charge is 0.325 e. The van der Waals surface area contributed by atoms with Crippen molar-refractivity contribution in [2.45, 2.75) is 6.92 Å². The zero-order valence-corrected chi connectivity index (χ0v) is 14.0. The van der Waals surface area contributed by atoms with Gasteiger partial charge in [-0.05, 0) is 24.6 Å². The summed E-state index contributed by atoms with van der Waals surface area (Å²) in [7, 11) is -8.07. The van der Waals surface area contributed by atoms with Crippen molar-refractivity contribution in [3.63, 3.8) is 0 Å². The van der Waals surface area contributed by atoms with Crippen molar-refractivity contribution >= 4 is 48.9 Å². The number of nitrogens with one attached hydrogen (secondary N) is 1. The van der Waals surface area contributed by atoms with Crippen LogP contribution in [-0.2, 0) is 24.8 Å². The summed E-state index contributed by atoms with van der Waals surface area (Å²) in [5, 5.41) is 2.47. The van der Waals surface area contributed by atoms with E-state index in [4.69, 9.17) is 11.6 Å². The first-order valence-electron chi connectivity index (χ1n) is 5.63. The molecule has 0 saturated heterocycles. The van der Waals surface area contributed by atoms with E-state index in [1.54, 1.807) is 6.92 Å². The highest BCUT2D eigenvalue weighted by Gasteiger charge is 2.27. The summed E-state index contributed by atoms with van der Waals surface area (Å²) in [5.74, 6) is -0.756. The van der Waals surface area contributed by atoms with Crippen LogP contribution in [0.1, 0.15) is 5.56 Å². The van der Waals surface area contributed by atoms with Crippen molar-refractivity contribution in [3.8, 4) is 0 Å². The molecule has 0 heterocycles. The predicted octanol–water partition coefficient (Wildman–Crippen LogP) is 0.898. The Morgan fingerprint density at radius 1 is 1.19 bits per heavy atom. The number of rotatable bonds is 5. The lowest BCUT2D eigenvalue weighted by molar-refractivity contribution is -0.113. The topological polar surface area (TPSA) is 101 Å². The van der Waals surface area contributed by atoms with Crippen molar-refractivity contribution < 1.29 is 21.6 Å². The fourth-order valence-corrected chi connectivity index (χ4v) is 4.70. The van der Waals surface area contributed by atoms with Crippen LogP contribution in [0.4, 0.5) is 11.4 Å². The van der Waals surface area contributed by atoms with E-state index < -0.39 is 26.0 Å². The van der Waals surface area contributed by atoms with E-state index in [1.165, 1.54) is 18.2 Å². The monoisotopic (exact) mass is 354 g/mol. The lowest BCUT2D eigenvalue weighted by Gasteiger charge is -2.21. The van der Waals surface area contributed by atoms with Crippen LogP contribution >= 0.6 is 11.6 Å². The van der Waals surface area contributed by atoms with E-state index in [-0.39, 0.29) is 17.3 Å². The zero-order chi connectivity index (χ0) is 16.4. The first-order valence-corrected chi connectivity index (χ1v) is 9.87. The summed E-state index contributed by atoms with van der Waals surface area (Å²) < 4.78 is 47.1. The molecule has 1 rings (SSSR count). The van der Waals surface area contributed by atoms with Gasteiger partial charge in [0.15, 0.2) is 0 Å². The number of halogens is 1. The van der Waals surface area contributed by atoms with Gasteiger partial charge in [0.2, 0.25) is 26.0 Å². The third-order valence-electron chi connectivity index (χ3n) is 2.43. The number of sulfonamides is 2. The number of benzene rings is 1. The number of alkyl halides is 1. The molecule has 0 fully saturated rings. The van der Waals surface area contributed by atoms with Crippen molar-refractivity contribution in [3.05, 3.63) is 23.8 Å². The molecule has 0 bridgehead atoms. The Hall–Kier alpha value is -1.32. The van der Waals surface area contributed by atoms with Gasteiger partial charge in [0.1, 0.15) is 5.88 Å². The van der Waals surface area contributed by atoms with Gasteiger partial charge < -0.3 is 5.32 Å². The van der Waals surface area contributed by atoms with Crippen molar-refractivity contribution in [1.29, 1.82) is 0 Å². The van der Waals surface area contributed by atoms with Gasteiger partial charge in [0.05, 0.1) is 18.2 Å². The third-order valence-corrected chi connectivity index (χ3v) is 5.92. The maximum absolute atomic E-state index is 11.7. The minimum atomic E-state index is -4.03. The number of aryl methyl sites for hydroxylation is 1. The van der Waals surface area contributed by atoms with Crippen LogP contribution in [0.5, 0.6) is 0 Å². The van der Waals surface area contributed by atoms with Crippen LogP contribution in [0.15, 0.2) is 18.2 Å². The lowest BCUT2D eigenvalue weighted by Crippen LogP contribution is -2.35. The molecule has 7 nitrogen and oxygen atoms in total. The molecule has 10 heteroatoms. The predicted molar refractivity (Wildman–Crippen MR) is 82.7 cm³/mol. The summed E-state index contributed by atoms with van der Waals surface area (Å²) >= 11 is 5.39. The molecule has 0 spiro atoms. The van der Waals surface area contributed by atoms with Gasteiger partial charge >= 0.3 is 0 Å². The molecule has 0 unspecified atom stereocenters. The molecular weight excluding hydrogens is 340 g/mol. The quantitative estimate of drug-likeness (QED) is 0.791.